The van der Waals surface area contributed by atoms with Crippen LogP contribution in [0.2, 0.25) is 0 Å². The second kappa shape index (κ2) is 7.94. The largest absolute Gasteiger partial charge is 0.297 e. The summed E-state index contributed by atoms with van der Waals surface area (Å²) in [6, 6.07) is 16.8. The zero-order valence-electron chi connectivity index (χ0n) is 13.2. The average Bonchev–Trinajstić information content (AvgIpc) is 2.58. The van der Waals surface area contributed by atoms with Gasteiger partial charge in [-0.3, -0.25) is 4.99 Å². The van der Waals surface area contributed by atoms with Crippen LogP contribution in [0.15, 0.2) is 78.3 Å². The molecule has 0 fully saturated rings. The molecule has 1 nitrogen and oxygen atoms in total. The minimum Gasteiger partial charge on any atom is -0.297 e. The molecule has 0 spiro atoms. The summed E-state index contributed by atoms with van der Waals surface area (Å²) in [6.07, 6.45) is 9.87. The van der Waals surface area contributed by atoms with E-state index < -0.39 is 0 Å². The summed E-state index contributed by atoms with van der Waals surface area (Å²) in [5.41, 5.74) is 5.91. The fourth-order valence-corrected chi connectivity index (χ4v) is 2.47. The molecule has 0 aliphatic rings. The molecule has 0 N–H and O–H groups in total. The normalized spacial score (nSPS) is 12.2. The monoisotopic (exact) mass is 287 g/mol. The molecule has 2 aromatic rings. The quantitative estimate of drug-likeness (QED) is 0.497. The highest BCUT2D eigenvalue weighted by molar-refractivity contribution is 5.90. The van der Waals surface area contributed by atoms with Crippen LogP contribution in [0.1, 0.15) is 18.1 Å². The number of rotatable bonds is 5. The summed E-state index contributed by atoms with van der Waals surface area (Å²) in [7, 11) is 1.77. The summed E-state index contributed by atoms with van der Waals surface area (Å²) in [4.78, 5) is 4.02. The molecule has 0 aromatic heterocycles. The summed E-state index contributed by atoms with van der Waals surface area (Å²) < 4.78 is 0. The van der Waals surface area contributed by atoms with E-state index in [0.717, 1.165) is 5.57 Å². The highest BCUT2D eigenvalue weighted by Crippen LogP contribution is 2.31. The highest BCUT2D eigenvalue weighted by atomic mass is 14.6. The van der Waals surface area contributed by atoms with E-state index in [1.807, 2.05) is 25.1 Å². The van der Waals surface area contributed by atoms with Crippen LogP contribution in [0, 0.1) is 0 Å². The summed E-state index contributed by atoms with van der Waals surface area (Å²) >= 11 is 0. The highest BCUT2D eigenvalue weighted by Gasteiger charge is 2.09. The molecular weight excluding hydrogens is 266 g/mol. The molecule has 22 heavy (non-hydrogen) atoms. The molecule has 0 saturated carbocycles. The number of allylic oxidation sites excluding steroid dienone is 4. The van der Waals surface area contributed by atoms with Gasteiger partial charge in [-0.2, -0.15) is 0 Å². The number of hydrogen-bond acceptors (Lipinski definition) is 1. The first-order chi connectivity index (χ1) is 10.8. The van der Waals surface area contributed by atoms with E-state index in [2.05, 4.69) is 66.2 Å². The Kier molecular flexibility index (Phi) is 5.67. The van der Waals surface area contributed by atoms with Crippen molar-refractivity contribution < 1.29 is 0 Å². The van der Waals surface area contributed by atoms with Crippen LogP contribution in [0.25, 0.3) is 22.8 Å². The van der Waals surface area contributed by atoms with Gasteiger partial charge in [-0.05, 0) is 40.8 Å². The molecule has 0 amide bonds. The summed E-state index contributed by atoms with van der Waals surface area (Å²) in [5, 5.41) is 0. The van der Waals surface area contributed by atoms with Gasteiger partial charge in [-0.15, -0.1) is 0 Å². The van der Waals surface area contributed by atoms with Gasteiger partial charge in [-0.25, -0.2) is 0 Å². The zero-order valence-corrected chi connectivity index (χ0v) is 13.2. The first-order valence-electron chi connectivity index (χ1n) is 7.38. The van der Waals surface area contributed by atoms with Crippen LogP contribution in [0.3, 0.4) is 0 Å². The maximum Gasteiger partial charge on any atom is 0.0277 e. The van der Waals surface area contributed by atoms with Gasteiger partial charge in [-0.1, -0.05) is 73.3 Å². The Labute approximate surface area is 133 Å². The van der Waals surface area contributed by atoms with E-state index in [1.165, 1.54) is 22.3 Å². The van der Waals surface area contributed by atoms with Crippen LogP contribution < -0.4 is 0 Å². The average molecular weight is 287 g/mol. The standard InChI is InChI=1S/C21H21N/c1-4-17(5-2)19-13-9-14-20(18-11-7-6-8-12-18)21(19)15-10-16-22-3/h4-16H,1H2,2-3H3/b15-10+,17-5+,22-16?. The lowest BCUT2D eigenvalue weighted by molar-refractivity contribution is 1.48. The topological polar surface area (TPSA) is 12.4 Å². The third-order valence-corrected chi connectivity index (χ3v) is 3.53. The van der Waals surface area contributed by atoms with Gasteiger partial charge < -0.3 is 0 Å². The van der Waals surface area contributed by atoms with E-state index in [4.69, 9.17) is 0 Å². The van der Waals surface area contributed by atoms with Gasteiger partial charge >= 0.3 is 0 Å². The van der Waals surface area contributed by atoms with Crippen molar-refractivity contribution in [3.05, 3.63) is 84.5 Å². The van der Waals surface area contributed by atoms with Gasteiger partial charge in [0.05, 0.1) is 0 Å². The predicted octanol–water partition coefficient (Wildman–Crippen LogP) is 5.66. The first-order valence-corrected chi connectivity index (χ1v) is 7.38. The molecule has 0 unspecified atom stereocenters. The van der Waals surface area contributed by atoms with E-state index in [-0.39, 0.29) is 0 Å². The Balaban J connectivity index is 2.68. The molecule has 0 saturated heterocycles. The Hall–Kier alpha value is -2.67. The van der Waals surface area contributed by atoms with E-state index in [1.54, 1.807) is 13.3 Å². The minimum absolute atomic E-state index is 1.13. The van der Waals surface area contributed by atoms with Crippen molar-refractivity contribution in [2.75, 3.05) is 7.05 Å². The third kappa shape index (κ3) is 3.50. The molecule has 0 bridgehead atoms. The molecule has 0 atom stereocenters. The molecule has 0 heterocycles. The maximum atomic E-state index is 4.02. The smallest absolute Gasteiger partial charge is 0.0277 e. The molecule has 2 rings (SSSR count). The second-order valence-electron chi connectivity index (χ2n) is 4.85. The third-order valence-electron chi connectivity index (χ3n) is 3.53. The summed E-state index contributed by atoms with van der Waals surface area (Å²) in [6.45, 7) is 5.96. The zero-order chi connectivity index (χ0) is 15.8. The second-order valence-corrected chi connectivity index (χ2v) is 4.85. The van der Waals surface area contributed by atoms with Crippen molar-refractivity contribution in [3.63, 3.8) is 0 Å². The molecule has 0 aliphatic heterocycles. The lowest BCUT2D eigenvalue weighted by Crippen LogP contribution is -1.91. The van der Waals surface area contributed by atoms with Crippen molar-refractivity contribution in [1.29, 1.82) is 0 Å². The Bertz CT molecular complexity index is 719. The Morgan fingerprint density at radius 1 is 1.05 bits per heavy atom. The predicted molar refractivity (Wildman–Crippen MR) is 99.2 cm³/mol. The number of hydrogen-bond donors (Lipinski definition) is 0. The van der Waals surface area contributed by atoms with Crippen molar-refractivity contribution in [3.8, 4) is 11.1 Å². The van der Waals surface area contributed by atoms with Crippen LogP contribution >= 0.6 is 0 Å². The molecule has 0 radical (unpaired) electrons. The van der Waals surface area contributed by atoms with E-state index in [9.17, 15) is 0 Å². The molecule has 0 aliphatic carbocycles. The fraction of sp³-hybridized carbons (Fsp3) is 0.0952. The van der Waals surface area contributed by atoms with Crippen LogP contribution in [-0.4, -0.2) is 13.3 Å². The van der Waals surface area contributed by atoms with Crippen molar-refractivity contribution in [2.45, 2.75) is 6.92 Å². The number of aliphatic imine (C=N–C) groups is 1. The number of benzene rings is 2. The van der Waals surface area contributed by atoms with Crippen LogP contribution in [0.5, 0.6) is 0 Å². The van der Waals surface area contributed by atoms with Crippen molar-refractivity contribution in [1.82, 2.24) is 0 Å². The fourth-order valence-electron chi connectivity index (χ4n) is 2.47. The lowest BCUT2D eigenvalue weighted by Gasteiger charge is -2.13. The number of nitrogens with zero attached hydrogens (tertiary/aromatic N) is 1. The Morgan fingerprint density at radius 3 is 2.45 bits per heavy atom. The van der Waals surface area contributed by atoms with Gasteiger partial charge in [0.15, 0.2) is 0 Å². The van der Waals surface area contributed by atoms with Gasteiger partial charge in [0.25, 0.3) is 0 Å². The minimum atomic E-state index is 1.13. The van der Waals surface area contributed by atoms with Crippen molar-refractivity contribution in [2.24, 2.45) is 4.99 Å². The van der Waals surface area contributed by atoms with Crippen LogP contribution in [-0.2, 0) is 0 Å². The molecule has 110 valence electrons. The van der Waals surface area contributed by atoms with Crippen molar-refractivity contribution >= 4 is 17.9 Å². The first kappa shape index (κ1) is 15.7. The Morgan fingerprint density at radius 2 is 1.82 bits per heavy atom. The van der Waals surface area contributed by atoms with E-state index >= 15 is 0 Å². The molecule has 2 aromatic carbocycles. The molecular formula is C21H21N. The van der Waals surface area contributed by atoms with Gasteiger partial charge in [0.2, 0.25) is 0 Å². The SMILES string of the molecule is C=C/C(=C\C)c1cccc(-c2ccccc2)c1/C=C/C=NC. The summed E-state index contributed by atoms with van der Waals surface area (Å²) in [5.74, 6) is 0. The maximum absolute atomic E-state index is 4.02. The van der Waals surface area contributed by atoms with Gasteiger partial charge in [0, 0.05) is 13.3 Å². The lowest BCUT2D eigenvalue weighted by atomic mass is 9.91. The van der Waals surface area contributed by atoms with Gasteiger partial charge in [0.1, 0.15) is 0 Å². The molecule has 1 heteroatoms. The van der Waals surface area contributed by atoms with Crippen LogP contribution in [0.4, 0.5) is 0 Å². The van der Waals surface area contributed by atoms with E-state index in [0.29, 0.717) is 0 Å².